The number of carbonyl (C=O) groups is 1. The van der Waals surface area contributed by atoms with Crippen molar-refractivity contribution in [1.82, 2.24) is 4.98 Å². The second-order valence-corrected chi connectivity index (χ2v) is 6.47. The molecule has 1 aromatic heterocycles. The molecule has 7 heteroatoms. The third-order valence-electron chi connectivity index (χ3n) is 3.70. The fraction of sp³-hybridized carbons (Fsp3) is 0.222. The maximum atomic E-state index is 11.7. The number of amides is 1. The zero-order valence-corrected chi connectivity index (χ0v) is 14.7. The van der Waals surface area contributed by atoms with E-state index in [-0.39, 0.29) is 0 Å². The number of aryl methyl sites for hydroxylation is 1. The Morgan fingerprint density at radius 1 is 1.28 bits per heavy atom. The van der Waals surface area contributed by atoms with Gasteiger partial charge in [0.05, 0.1) is 23.0 Å². The summed E-state index contributed by atoms with van der Waals surface area (Å²) in [4.78, 5) is 17.4. The Morgan fingerprint density at radius 3 is 2.76 bits per heavy atom. The molecule has 1 N–H and O–H groups in total. The summed E-state index contributed by atoms with van der Waals surface area (Å²) in [6.45, 7) is 1.75. The minimum Gasteiger partial charge on any atom is -0.486 e. The minimum atomic E-state index is -0.617. The number of aromatic nitrogens is 1. The van der Waals surface area contributed by atoms with Crippen LogP contribution in [0.1, 0.15) is 10.6 Å². The van der Waals surface area contributed by atoms with Gasteiger partial charge in [-0.3, -0.25) is 4.90 Å². The van der Waals surface area contributed by atoms with Crippen LogP contribution >= 0.6 is 11.3 Å². The van der Waals surface area contributed by atoms with E-state index >= 15 is 0 Å². The zero-order valence-electron chi connectivity index (χ0n) is 13.9. The van der Waals surface area contributed by atoms with Crippen molar-refractivity contribution in [3.8, 4) is 5.75 Å². The number of benzene rings is 2. The van der Waals surface area contributed by atoms with Crippen molar-refractivity contribution in [2.75, 3.05) is 18.7 Å². The van der Waals surface area contributed by atoms with Crippen LogP contribution in [0.2, 0.25) is 0 Å². The molecule has 0 aliphatic carbocycles. The predicted molar refractivity (Wildman–Crippen MR) is 97.1 cm³/mol. The molecule has 0 saturated carbocycles. The van der Waals surface area contributed by atoms with Gasteiger partial charge in [0.1, 0.15) is 24.1 Å². The Hall–Kier alpha value is -2.64. The van der Waals surface area contributed by atoms with E-state index in [0.717, 1.165) is 25.7 Å². The van der Waals surface area contributed by atoms with Gasteiger partial charge in [-0.1, -0.05) is 12.1 Å². The molecule has 0 aliphatic rings. The first-order valence-electron chi connectivity index (χ1n) is 7.66. The number of rotatable bonds is 5. The molecule has 0 bridgehead atoms. The number of carbonyl (C=O) groups excluding carboxylic acids is 1. The Balaban J connectivity index is 1.73. The summed E-state index contributed by atoms with van der Waals surface area (Å²) in [5.41, 5.74) is 2.33. The number of aliphatic hydroxyl groups is 1. The monoisotopic (exact) mass is 358 g/mol. The number of aliphatic hydroxyl groups excluding tert-OH is 1. The van der Waals surface area contributed by atoms with Gasteiger partial charge in [-0.15, -0.1) is 11.3 Å². The van der Waals surface area contributed by atoms with Crippen molar-refractivity contribution in [1.29, 1.82) is 0 Å². The first-order chi connectivity index (χ1) is 12.1. The molecular weight excluding hydrogens is 340 g/mol. The number of nitrogens with zero attached hydrogens (tertiary/aromatic N) is 2. The molecule has 0 spiro atoms. The van der Waals surface area contributed by atoms with Crippen molar-refractivity contribution in [2.24, 2.45) is 0 Å². The van der Waals surface area contributed by atoms with E-state index in [0.29, 0.717) is 18.0 Å². The van der Waals surface area contributed by atoms with E-state index in [9.17, 15) is 9.90 Å². The highest BCUT2D eigenvalue weighted by atomic mass is 32.1. The molecule has 6 nitrogen and oxygen atoms in total. The van der Waals surface area contributed by atoms with Gasteiger partial charge in [0.25, 0.3) is 0 Å². The Bertz CT molecular complexity index is 861. The smallest absolute Gasteiger partial charge is 0.415 e. The number of thiazole rings is 1. The number of methoxy groups -OCH3 is 1. The lowest BCUT2D eigenvalue weighted by Gasteiger charge is -2.20. The maximum Gasteiger partial charge on any atom is 0.415 e. The van der Waals surface area contributed by atoms with Crippen LogP contribution in [0.4, 0.5) is 10.5 Å². The summed E-state index contributed by atoms with van der Waals surface area (Å²) in [7, 11) is 1.27. The van der Waals surface area contributed by atoms with Crippen molar-refractivity contribution >= 4 is 33.3 Å². The number of ether oxygens (including phenoxy) is 2. The van der Waals surface area contributed by atoms with Gasteiger partial charge < -0.3 is 14.6 Å². The standard InChI is InChI=1S/C18H18N2O4S/c1-12-9-13(7-8-15(12)20(11-21)18(22)23-2)24-10-17-19-14-5-3-4-6-16(14)25-17/h3-9,21H,10-11H2,1-2H3. The fourth-order valence-corrected chi connectivity index (χ4v) is 3.37. The molecule has 0 radical (unpaired) electrons. The van der Waals surface area contributed by atoms with Crippen LogP contribution in [0, 0.1) is 6.92 Å². The lowest BCUT2D eigenvalue weighted by Crippen LogP contribution is -2.32. The normalized spacial score (nSPS) is 10.7. The molecule has 130 valence electrons. The van der Waals surface area contributed by atoms with Gasteiger partial charge in [0.15, 0.2) is 0 Å². The van der Waals surface area contributed by atoms with Gasteiger partial charge in [-0.05, 0) is 42.8 Å². The van der Waals surface area contributed by atoms with Gasteiger partial charge in [0, 0.05) is 0 Å². The molecule has 0 aliphatic heterocycles. The summed E-state index contributed by atoms with van der Waals surface area (Å²) in [6.07, 6.45) is -0.617. The van der Waals surface area contributed by atoms with Crippen LogP contribution in [0.25, 0.3) is 10.2 Å². The van der Waals surface area contributed by atoms with Crippen molar-refractivity contribution in [3.63, 3.8) is 0 Å². The highest BCUT2D eigenvalue weighted by Gasteiger charge is 2.17. The van der Waals surface area contributed by atoms with E-state index in [1.807, 2.05) is 37.3 Å². The summed E-state index contributed by atoms with van der Waals surface area (Å²) in [5.74, 6) is 0.670. The maximum absolute atomic E-state index is 11.7. The summed E-state index contributed by atoms with van der Waals surface area (Å²) >= 11 is 1.60. The molecule has 0 atom stereocenters. The highest BCUT2D eigenvalue weighted by molar-refractivity contribution is 7.18. The molecule has 0 saturated heterocycles. The first-order valence-corrected chi connectivity index (χ1v) is 8.48. The summed E-state index contributed by atoms with van der Waals surface area (Å²) in [5, 5.41) is 10.3. The lowest BCUT2D eigenvalue weighted by molar-refractivity contribution is 0.168. The Morgan fingerprint density at radius 2 is 2.08 bits per heavy atom. The summed E-state index contributed by atoms with van der Waals surface area (Å²) in [6, 6.07) is 13.2. The Labute approximate surface area is 149 Å². The van der Waals surface area contributed by atoms with Gasteiger partial charge in [0.2, 0.25) is 0 Å². The molecule has 2 aromatic carbocycles. The van der Waals surface area contributed by atoms with Crippen LogP contribution in [0.3, 0.4) is 0 Å². The quantitative estimate of drug-likeness (QED) is 0.704. The molecule has 1 heterocycles. The third-order valence-corrected chi connectivity index (χ3v) is 4.71. The molecule has 3 aromatic rings. The largest absolute Gasteiger partial charge is 0.486 e. The van der Waals surface area contributed by atoms with Crippen LogP contribution in [-0.4, -0.2) is 30.0 Å². The lowest BCUT2D eigenvalue weighted by atomic mass is 10.2. The third kappa shape index (κ3) is 3.72. The second-order valence-electron chi connectivity index (χ2n) is 5.35. The van der Waals surface area contributed by atoms with E-state index < -0.39 is 12.8 Å². The van der Waals surface area contributed by atoms with Crippen LogP contribution in [0.5, 0.6) is 5.75 Å². The van der Waals surface area contributed by atoms with Gasteiger partial charge in [-0.25, -0.2) is 9.78 Å². The molecule has 3 rings (SSSR count). The number of fused-ring (bicyclic) bond motifs is 1. The van der Waals surface area contributed by atoms with E-state index in [4.69, 9.17) is 4.74 Å². The van der Waals surface area contributed by atoms with E-state index in [1.165, 1.54) is 7.11 Å². The SMILES string of the molecule is COC(=O)N(CO)c1ccc(OCc2nc3ccccc3s2)cc1C. The number of anilines is 1. The number of para-hydroxylation sites is 1. The van der Waals surface area contributed by atoms with Crippen LogP contribution in [-0.2, 0) is 11.3 Å². The Kier molecular flexibility index (Phi) is 5.16. The summed E-state index contributed by atoms with van der Waals surface area (Å²) < 4.78 is 11.6. The molecule has 0 unspecified atom stereocenters. The van der Waals surface area contributed by atoms with E-state index in [1.54, 1.807) is 23.5 Å². The predicted octanol–water partition coefficient (Wildman–Crippen LogP) is 3.71. The van der Waals surface area contributed by atoms with E-state index in [2.05, 4.69) is 9.72 Å². The minimum absolute atomic E-state index is 0.374. The highest BCUT2D eigenvalue weighted by Crippen LogP contribution is 2.27. The van der Waals surface area contributed by atoms with Gasteiger partial charge in [-0.2, -0.15) is 0 Å². The average molecular weight is 358 g/mol. The van der Waals surface area contributed by atoms with Crippen molar-refractivity contribution in [3.05, 3.63) is 53.0 Å². The topological polar surface area (TPSA) is 71.9 Å². The zero-order chi connectivity index (χ0) is 17.8. The first kappa shape index (κ1) is 17.2. The second kappa shape index (κ2) is 7.50. The fourth-order valence-electron chi connectivity index (χ4n) is 2.49. The molecular formula is C18H18N2O4S. The molecule has 1 amide bonds. The number of hydrogen-bond acceptors (Lipinski definition) is 6. The molecule has 0 fully saturated rings. The van der Waals surface area contributed by atoms with Crippen LogP contribution < -0.4 is 9.64 Å². The number of hydrogen-bond donors (Lipinski definition) is 1. The van der Waals surface area contributed by atoms with Gasteiger partial charge >= 0.3 is 6.09 Å². The van der Waals surface area contributed by atoms with Crippen molar-refractivity contribution < 1.29 is 19.4 Å². The average Bonchev–Trinajstić information content (AvgIpc) is 3.04. The van der Waals surface area contributed by atoms with Crippen molar-refractivity contribution in [2.45, 2.75) is 13.5 Å². The molecule has 25 heavy (non-hydrogen) atoms. The van der Waals surface area contributed by atoms with Crippen LogP contribution in [0.15, 0.2) is 42.5 Å².